The van der Waals surface area contributed by atoms with Gasteiger partial charge < -0.3 is 21.1 Å². The lowest BCUT2D eigenvalue weighted by Gasteiger charge is -2.27. The number of hydrogen-bond acceptors (Lipinski definition) is 3. The number of rotatable bonds is 4. The molecule has 0 saturated carbocycles. The summed E-state index contributed by atoms with van der Waals surface area (Å²) in [5.41, 5.74) is 3.93. The quantitative estimate of drug-likeness (QED) is 0.579. The van der Waals surface area contributed by atoms with E-state index in [9.17, 15) is 14.7 Å². The van der Waals surface area contributed by atoms with Crippen molar-refractivity contribution in [2.75, 3.05) is 13.6 Å². The molecule has 0 heterocycles. The molecule has 1 unspecified atom stereocenters. The molecule has 0 rings (SSSR count). The van der Waals surface area contributed by atoms with E-state index in [4.69, 9.17) is 5.73 Å². The number of nitrogens with two attached hydrogens (primary N) is 1. The van der Waals surface area contributed by atoms with E-state index in [-0.39, 0.29) is 12.5 Å². The molecule has 0 aromatic heterocycles. The molecule has 0 aliphatic rings. The van der Waals surface area contributed by atoms with E-state index in [0.717, 1.165) is 0 Å². The number of primary amides is 1. The molecular weight excluding hydrogens is 198 g/mol. The number of amides is 3. The van der Waals surface area contributed by atoms with Gasteiger partial charge >= 0.3 is 6.03 Å². The maximum Gasteiger partial charge on any atom is 0.312 e. The summed E-state index contributed by atoms with van der Waals surface area (Å²) in [6.07, 6.45) is 0. The second kappa shape index (κ2) is 4.97. The Balaban J connectivity index is 4.26. The first-order valence-electron chi connectivity index (χ1n) is 4.67. The Morgan fingerprint density at radius 3 is 2.33 bits per heavy atom. The van der Waals surface area contributed by atoms with E-state index < -0.39 is 17.7 Å². The summed E-state index contributed by atoms with van der Waals surface area (Å²) in [6.45, 7) is 4.93. The number of carbonyl (C=O) groups excluding carboxylic acids is 2. The maximum absolute atomic E-state index is 11.6. The summed E-state index contributed by atoms with van der Waals surface area (Å²) < 4.78 is 0. The number of likely N-dealkylation sites (N-methyl/N-ethyl adjacent to an activating group) is 1. The number of carbonyl (C=O) groups is 2. The van der Waals surface area contributed by atoms with Gasteiger partial charge in [0.15, 0.2) is 0 Å². The van der Waals surface area contributed by atoms with Crippen LogP contribution in [0.25, 0.3) is 0 Å². The van der Waals surface area contributed by atoms with E-state index in [1.165, 1.54) is 11.8 Å². The number of aliphatic hydroxyl groups is 1. The van der Waals surface area contributed by atoms with Gasteiger partial charge in [-0.1, -0.05) is 0 Å². The minimum absolute atomic E-state index is 0.191. The van der Waals surface area contributed by atoms with Crippen LogP contribution in [-0.4, -0.2) is 47.2 Å². The van der Waals surface area contributed by atoms with Crippen LogP contribution >= 0.6 is 0 Å². The molecule has 1 atom stereocenters. The molecule has 0 fully saturated rings. The van der Waals surface area contributed by atoms with E-state index >= 15 is 0 Å². The van der Waals surface area contributed by atoms with Crippen LogP contribution in [0.2, 0.25) is 0 Å². The average molecular weight is 217 g/mol. The van der Waals surface area contributed by atoms with Crippen LogP contribution < -0.4 is 11.1 Å². The summed E-state index contributed by atoms with van der Waals surface area (Å²) in [5, 5.41) is 11.8. The summed E-state index contributed by atoms with van der Waals surface area (Å²) in [5.74, 6) is -0.295. The number of hydrogen-bond donors (Lipinski definition) is 3. The molecule has 0 radical (unpaired) electrons. The molecule has 15 heavy (non-hydrogen) atoms. The first-order chi connectivity index (χ1) is 6.63. The van der Waals surface area contributed by atoms with Gasteiger partial charge in [0, 0.05) is 13.6 Å². The predicted molar refractivity (Wildman–Crippen MR) is 56.1 cm³/mol. The number of urea groups is 1. The standard InChI is InChI=1S/C9H19N3O3/c1-6(11-8(10)14)7(13)12(4)5-9(2,3)15/h6,15H,5H2,1-4H3,(H3,10,11,14). The van der Waals surface area contributed by atoms with Crippen LogP contribution in [0.5, 0.6) is 0 Å². The third kappa shape index (κ3) is 5.90. The minimum atomic E-state index is -0.961. The fraction of sp³-hybridized carbons (Fsp3) is 0.778. The Morgan fingerprint density at radius 2 is 2.00 bits per heavy atom. The summed E-state index contributed by atoms with van der Waals surface area (Å²) >= 11 is 0. The maximum atomic E-state index is 11.6. The van der Waals surface area contributed by atoms with Crippen molar-refractivity contribution in [1.82, 2.24) is 10.2 Å². The molecule has 88 valence electrons. The van der Waals surface area contributed by atoms with Crippen molar-refractivity contribution in [3.63, 3.8) is 0 Å². The van der Waals surface area contributed by atoms with E-state index in [1.807, 2.05) is 0 Å². The van der Waals surface area contributed by atoms with Gasteiger partial charge in [-0.3, -0.25) is 4.79 Å². The molecule has 0 spiro atoms. The highest BCUT2D eigenvalue weighted by atomic mass is 16.3. The van der Waals surface area contributed by atoms with Gasteiger partial charge in [0.25, 0.3) is 0 Å². The lowest BCUT2D eigenvalue weighted by molar-refractivity contribution is -0.134. The Kier molecular flexibility index (Phi) is 4.54. The topological polar surface area (TPSA) is 95.7 Å². The van der Waals surface area contributed by atoms with Crippen LogP contribution in [-0.2, 0) is 4.79 Å². The van der Waals surface area contributed by atoms with Gasteiger partial charge in [-0.25, -0.2) is 4.79 Å². The molecular formula is C9H19N3O3. The average Bonchev–Trinajstić information content (AvgIpc) is 1.98. The molecule has 0 aliphatic heterocycles. The third-order valence-electron chi connectivity index (χ3n) is 1.73. The van der Waals surface area contributed by atoms with Crippen molar-refractivity contribution in [3.05, 3.63) is 0 Å². The summed E-state index contributed by atoms with van der Waals surface area (Å²) in [7, 11) is 1.56. The molecule has 0 aliphatic carbocycles. The number of nitrogens with one attached hydrogen (secondary N) is 1. The van der Waals surface area contributed by atoms with Crippen molar-refractivity contribution in [1.29, 1.82) is 0 Å². The first kappa shape index (κ1) is 13.7. The minimum Gasteiger partial charge on any atom is -0.389 e. The lowest BCUT2D eigenvalue weighted by atomic mass is 10.1. The first-order valence-corrected chi connectivity index (χ1v) is 4.67. The van der Waals surface area contributed by atoms with Gasteiger partial charge in [-0.05, 0) is 20.8 Å². The largest absolute Gasteiger partial charge is 0.389 e. The molecule has 6 nitrogen and oxygen atoms in total. The van der Waals surface area contributed by atoms with E-state index in [1.54, 1.807) is 20.9 Å². The zero-order chi connectivity index (χ0) is 12.2. The Hall–Kier alpha value is -1.30. The normalized spacial score (nSPS) is 13.1. The zero-order valence-electron chi connectivity index (χ0n) is 9.57. The van der Waals surface area contributed by atoms with Crippen LogP contribution in [0.4, 0.5) is 4.79 Å². The second-order valence-corrected chi connectivity index (χ2v) is 4.24. The highest BCUT2D eigenvalue weighted by molar-refractivity contribution is 5.86. The molecule has 3 amide bonds. The molecule has 0 saturated heterocycles. The van der Waals surface area contributed by atoms with Gasteiger partial charge in [0.2, 0.25) is 5.91 Å². The highest BCUT2D eigenvalue weighted by Crippen LogP contribution is 2.04. The lowest BCUT2D eigenvalue weighted by Crippen LogP contribution is -2.50. The fourth-order valence-corrected chi connectivity index (χ4v) is 1.26. The van der Waals surface area contributed by atoms with Crippen LogP contribution in [0, 0.1) is 0 Å². The second-order valence-electron chi connectivity index (χ2n) is 4.24. The molecule has 6 heteroatoms. The molecule has 0 bridgehead atoms. The van der Waals surface area contributed by atoms with E-state index in [0.29, 0.717) is 0 Å². The number of nitrogens with zero attached hydrogens (tertiary/aromatic N) is 1. The summed E-state index contributed by atoms with van der Waals surface area (Å²) in [4.78, 5) is 23.5. The molecule has 0 aromatic rings. The van der Waals surface area contributed by atoms with Gasteiger partial charge in [0.1, 0.15) is 6.04 Å². The van der Waals surface area contributed by atoms with Crippen LogP contribution in [0.15, 0.2) is 0 Å². The van der Waals surface area contributed by atoms with Crippen molar-refractivity contribution < 1.29 is 14.7 Å². The fourth-order valence-electron chi connectivity index (χ4n) is 1.26. The monoisotopic (exact) mass is 217 g/mol. The zero-order valence-corrected chi connectivity index (χ0v) is 9.57. The van der Waals surface area contributed by atoms with Gasteiger partial charge in [-0.2, -0.15) is 0 Å². The van der Waals surface area contributed by atoms with Crippen LogP contribution in [0.1, 0.15) is 20.8 Å². The third-order valence-corrected chi connectivity index (χ3v) is 1.73. The smallest absolute Gasteiger partial charge is 0.312 e. The van der Waals surface area contributed by atoms with Crippen molar-refractivity contribution >= 4 is 11.9 Å². The Morgan fingerprint density at radius 1 is 1.53 bits per heavy atom. The summed E-state index contributed by atoms with van der Waals surface area (Å²) in [6, 6.07) is -1.43. The molecule has 4 N–H and O–H groups in total. The van der Waals surface area contributed by atoms with Crippen molar-refractivity contribution in [3.8, 4) is 0 Å². The van der Waals surface area contributed by atoms with Gasteiger partial charge in [0.05, 0.1) is 5.60 Å². The molecule has 0 aromatic carbocycles. The predicted octanol–water partition coefficient (Wildman–Crippen LogP) is -0.727. The van der Waals surface area contributed by atoms with Crippen LogP contribution in [0.3, 0.4) is 0 Å². The Labute approximate surface area is 89.4 Å². The van der Waals surface area contributed by atoms with E-state index in [2.05, 4.69) is 5.32 Å². The highest BCUT2D eigenvalue weighted by Gasteiger charge is 2.23. The van der Waals surface area contributed by atoms with Gasteiger partial charge in [-0.15, -0.1) is 0 Å². The van der Waals surface area contributed by atoms with Crippen molar-refractivity contribution in [2.24, 2.45) is 5.73 Å². The Bertz CT molecular complexity index is 247. The SMILES string of the molecule is CC(NC(N)=O)C(=O)N(C)CC(C)(C)O. The van der Waals surface area contributed by atoms with Crippen molar-refractivity contribution in [2.45, 2.75) is 32.4 Å².